The Morgan fingerprint density at radius 1 is 1.21 bits per heavy atom. The van der Waals surface area contributed by atoms with Gasteiger partial charge in [0.15, 0.2) is 0 Å². The van der Waals surface area contributed by atoms with Gasteiger partial charge >= 0.3 is 0 Å². The molecule has 1 aromatic carbocycles. The Morgan fingerprint density at radius 2 is 2.14 bits per heavy atom. The SMILES string of the molecule is c1cc([C@H]2CCN2)c2cccnc2c1. The van der Waals surface area contributed by atoms with Gasteiger partial charge in [-0.1, -0.05) is 18.2 Å². The Hall–Kier alpha value is -1.41. The van der Waals surface area contributed by atoms with E-state index in [1.165, 1.54) is 17.4 Å². The lowest BCUT2D eigenvalue weighted by atomic mass is 9.94. The molecule has 1 aliphatic heterocycles. The molecule has 0 radical (unpaired) electrons. The first-order chi connectivity index (χ1) is 6.95. The van der Waals surface area contributed by atoms with Gasteiger partial charge in [-0.05, 0) is 30.7 Å². The molecule has 1 atom stereocenters. The molecular weight excluding hydrogens is 172 g/mol. The number of rotatable bonds is 1. The lowest BCUT2D eigenvalue weighted by Crippen LogP contribution is -2.35. The Bertz CT molecular complexity index is 455. The highest BCUT2D eigenvalue weighted by molar-refractivity contribution is 5.82. The van der Waals surface area contributed by atoms with Crippen LogP contribution in [0.1, 0.15) is 18.0 Å². The fraction of sp³-hybridized carbons (Fsp3) is 0.250. The summed E-state index contributed by atoms with van der Waals surface area (Å²) in [7, 11) is 0. The number of hydrogen-bond donors (Lipinski definition) is 1. The van der Waals surface area contributed by atoms with E-state index in [1.807, 2.05) is 12.3 Å². The van der Waals surface area contributed by atoms with Gasteiger partial charge in [-0.15, -0.1) is 0 Å². The zero-order chi connectivity index (χ0) is 9.38. The van der Waals surface area contributed by atoms with Crippen molar-refractivity contribution in [3.63, 3.8) is 0 Å². The quantitative estimate of drug-likeness (QED) is 0.735. The molecule has 0 unspecified atom stereocenters. The molecule has 0 bridgehead atoms. The number of nitrogens with zero attached hydrogens (tertiary/aromatic N) is 1. The molecule has 2 nitrogen and oxygen atoms in total. The van der Waals surface area contributed by atoms with Crippen molar-refractivity contribution in [1.82, 2.24) is 10.3 Å². The van der Waals surface area contributed by atoms with Gasteiger partial charge in [0.1, 0.15) is 0 Å². The van der Waals surface area contributed by atoms with Gasteiger partial charge in [0.2, 0.25) is 0 Å². The molecule has 1 fully saturated rings. The number of nitrogens with one attached hydrogen (secondary N) is 1. The van der Waals surface area contributed by atoms with Gasteiger partial charge in [-0.2, -0.15) is 0 Å². The molecule has 2 heterocycles. The molecule has 1 saturated heterocycles. The fourth-order valence-corrected chi connectivity index (χ4v) is 1.99. The predicted molar refractivity (Wildman–Crippen MR) is 57.1 cm³/mol. The summed E-state index contributed by atoms with van der Waals surface area (Å²) in [4.78, 5) is 4.35. The third-order valence-electron chi connectivity index (χ3n) is 2.88. The molecule has 0 amide bonds. The number of pyridine rings is 1. The second-order valence-corrected chi connectivity index (χ2v) is 3.71. The Labute approximate surface area is 83.0 Å². The topological polar surface area (TPSA) is 24.9 Å². The average Bonchev–Trinajstić information content (AvgIpc) is 2.16. The van der Waals surface area contributed by atoms with E-state index >= 15 is 0 Å². The summed E-state index contributed by atoms with van der Waals surface area (Å²) in [5, 5.41) is 4.71. The van der Waals surface area contributed by atoms with Crippen molar-refractivity contribution in [2.75, 3.05) is 6.54 Å². The highest BCUT2D eigenvalue weighted by Crippen LogP contribution is 2.28. The van der Waals surface area contributed by atoms with E-state index in [2.05, 4.69) is 34.6 Å². The van der Waals surface area contributed by atoms with Crippen LogP contribution in [-0.4, -0.2) is 11.5 Å². The summed E-state index contributed by atoms with van der Waals surface area (Å²) in [5.74, 6) is 0. The van der Waals surface area contributed by atoms with Gasteiger partial charge in [-0.25, -0.2) is 0 Å². The summed E-state index contributed by atoms with van der Waals surface area (Å²) in [6.07, 6.45) is 3.09. The van der Waals surface area contributed by atoms with Crippen LogP contribution in [0.5, 0.6) is 0 Å². The van der Waals surface area contributed by atoms with Crippen LogP contribution in [0.15, 0.2) is 36.5 Å². The van der Waals surface area contributed by atoms with Crippen molar-refractivity contribution < 1.29 is 0 Å². The first-order valence-electron chi connectivity index (χ1n) is 5.02. The normalized spacial score (nSPS) is 20.7. The van der Waals surface area contributed by atoms with Crippen molar-refractivity contribution in [2.45, 2.75) is 12.5 Å². The molecule has 0 aliphatic carbocycles. The van der Waals surface area contributed by atoms with Crippen molar-refractivity contribution >= 4 is 10.9 Å². The molecule has 70 valence electrons. The molecule has 1 N–H and O–H groups in total. The van der Waals surface area contributed by atoms with E-state index in [-0.39, 0.29) is 0 Å². The Kier molecular flexibility index (Phi) is 1.74. The van der Waals surface area contributed by atoms with Crippen LogP contribution in [0.4, 0.5) is 0 Å². The minimum absolute atomic E-state index is 0.544. The monoisotopic (exact) mass is 184 g/mol. The lowest BCUT2D eigenvalue weighted by molar-refractivity contribution is 0.385. The largest absolute Gasteiger partial charge is 0.310 e. The van der Waals surface area contributed by atoms with Crippen molar-refractivity contribution in [3.05, 3.63) is 42.1 Å². The van der Waals surface area contributed by atoms with E-state index in [4.69, 9.17) is 0 Å². The van der Waals surface area contributed by atoms with Gasteiger partial charge < -0.3 is 5.32 Å². The van der Waals surface area contributed by atoms with Gasteiger partial charge in [0.25, 0.3) is 0 Å². The number of hydrogen-bond acceptors (Lipinski definition) is 2. The number of aromatic nitrogens is 1. The molecule has 2 heteroatoms. The molecule has 0 saturated carbocycles. The van der Waals surface area contributed by atoms with E-state index < -0.39 is 0 Å². The van der Waals surface area contributed by atoms with Crippen LogP contribution in [0, 0.1) is 0 Å². The number of fused-ring (bicyclic) bond motifs is 1. The summed E-state index contributed by atoms with van der Waals surface area (Å²) in [6, 6.07) is 11.0. The van der Waals surface area contributed by atoms with Gasteiger partial charge in [0.05, 0.1) is 5.52 Å². The van der Waals surface area contributed by atoms with E-state index in [9.17, 15) is 0 Å². The van der Waals surface area contributed by atoms with E-state index in [1.54, 1.807) is 0 Å². The minimum atomic E-state index is 0.544. The maximum Gasteiger partial charge on any atom is 0.0705 e. The van der Waals surface area contributed by atoms with Crippen LogP contribution in [0.2, 0.25) is 0 Å². The highest BCUT2D eigenvalue weighted by atomic mass is 15.0. The Morgan fingerprint density at radius 3 is 2.93 bits per heavy atom. The van der Waals surface area contributed by atoms with E-state index in [0.29, 0.717) is 6.04 Å². The third kappa shape index (κ3) is 1.11. The molecule has 3 rings (SSSR count). The highest BCUT2D eigenvalue weighted by Gasteiger charge is 2.19. The molecular formula is C12H12N2. The van der Waals surface area contributed by atoms with Crippen molar-refractivity contribution in [2.24, 2.45) is 0 Å². The van der Waals surface area contributed by atoms with Crippen LogP contribution < -0.4 is 5.32 Å². The zero-order valence-corrected chi connectivity index (χ0v) is 7.90. The lowest BCUT2D eigenvalue weighted by Gasteiger charge is -2.28. The Balaban J connectivity index is 2.22. The summed E-state index contributed by atoms with van der Waals surface area (Å²) in [6.45, 7) is 1.14. The van der Waals surface area contributed by atoms with Crippen LogP contribution in [0.3, 0.4) is 0 Å². The average molecular weight is 184 g/mol. The minimum Gasteiger partial charge on any atom is -0.310 e. The van der Waals surface area contributed by atoms with Crippen LogP contribution in [0.25, 0.3) is 10.9 Å². The molecule has 0 spiro atoms. The van der Waals surface area contributed by atoms with Crippen molar-refractivity contribution in [3.8, 4) is 0 Å². The van der Waals surface area contributed by atoms with E-state index in [0.717, 1.165) is 12.1 Å². The standard InChI is InChI=1S/C12H12N2/c1-3-9(12-6-8-14-12)10-4-2-7-13-11(10)5-1/h1-5,7,12,14H,6,8H2/t12-/m1/s1. The first kappa shape index (κ1) is 7.94. The molecule has 14 heavy (non-hydrogen) atoms. The summed E-state index contributed by atoms with van der Waals surface area (Å²) < 4.78 is 0. The van der Waals surface area contributed by atoms with Crippen LogP contribution >= 0.6 is 0 Å². The maximum atomic E-state index is 4.35. The van der Waals surface area contributed by atoms with Gasteiger partial charge in [0, 0.05) is 17.6 Å². The fourth-order valence-electron chi connectivity index (χ4n) is 1.99. The van der Waals surface area contributed by atoms with Gasteiger partial charge in [-0.3, -0.25) is 4.98 Å². The smallest absolute Gasteiger partial charge is 0.0705 e. The summed E-state index contributed by atoms with van der Waals surface area (Å²) >= 11 is 0. The first-order valence-corrected chi connectivity index (χ1v) is 5.02. The predicted octanol–water partition coefficient (Wildman–Crippen LogP) is 2.27. The number of benzene rings is 1. The second-order valence-electron chi connectivity index (χ2n) is 3.71. The summed E-state index contributed by atoms with van der Waals surface area (Å²) in [5.41, 5.74) is 2.49. The maximum absolute atomic E-state index is 4.35. The molecule has 1 aromatic heterocycles. The molecule has 1 aliphatic rings. The zero-order valence-electron chi connectivity index (χ0n) is 7.90. The molecule has 2 aromatic rings. The van der Waals surface area contributed by atoms with Crippen LogP contribution in [-0.2, 0) is 0 Å². The third-order valence-corrected chi connectivity index (χ3v) is 2.88. The van der Waals surface area contributed by atoms with Crippen molar-refractivity contribution in [1.29, 1.82) is 0 Å². The second kappa shape index (κ2) is 3.07.